The highest BCUT2D eigenvalue weighted by molar-refractivity contribution is 7.16. The van der Waals surface area contributed by atoms with E-state index in [2.05, 4.69) is 0 Å². The molecule has 1 aliphatic rings. The third kappa shape index (κ3) is 2.03. The summed E-state index contributed by atoms with van der Waals surface area (Å²) >= 11 is 1.31. The van der Waals surface area contributed by atoms with Gasteiger partial charge in [0.2, 0.25) is 0 Å². The second-order valence-corrected chi connectivity index (χ2v) is 5.18. The van der Waals surface area contributed by atoms with Gasteiger partial charge in [-0.25, -0.2) is 0 Å². The van der Waals surface area contributed by atoms with Crippen LogP contribution < -0.4 is 4.90 Å². The lowest BCUT2D eigenvalue weighted by atomic mass is 10.3. The maximum atomic E-state index is 10.9. The van der Waals surface area contributed by atoms with Crippen LogP contribution in [-0.4, -0.2) is 23.1 Å². The van der Waals surface area contributed by atoms with Crippen molar-refractivity contribution >= 4 is 22.0 Å². The molecule has 1 aromatic heterocycles. The van der Waals surface area contributed by atoms with Crippen LogP contribution in [0.25, 0.3) is 0 Å². The molecule has 0 aromatic carbocycles. The third-order valence-corrected chi connectivity index (χ3v) is 4.12. The van der Waals surface area contributed by atoms with Crippen molar-refractivity contribution in [1.82, 2.24) is 0 Å². The van der Waals surface area contributed by atoms with E-state index in [9.17, 15) is 15.2 Å². The number of aliphatic hydroxyl groups excluding tert-OH is 1. The molecule has 1 unspecified atom stereocenters. The average molecular weight is 242 g/mol. The summed E-state index contributed by atoms with van der Waals surface area (Å²) in [5.74, 6) is 0. The van der Waals surface area contributed by atoms with E-state index >= 15 is 0 Å². The highest BCUT2D eigenvalue weighted by Crippen LogP contribution is 2.43. The van der Waals surface area contributed by atoms with E-state index in [1.165, 1.54) is 17.4 Å². The Morgan fingerprint density at radius 1 is 1.69 bits per heavy atom. The zero-order valence-electron chi connectivity index (χ0n) is 9.21. The molecule has 1 N–H and O–H groups in total. The molecule has 0 radical (unpaired) electrons. The molecule has 0 aliphatic heterocycles. The van der Waals surface area contributed by atoms with Crippen molar-refractivity contribution < 1.29 is 10.0 Å². The van der Waals surface area contributed by atoms with Crippen LogP contribution >= 0.6 is 11.3 Å². The van der Waals surface area contributed by atoms with Gasteiger partial charge >= 0.3 is 5.69 Å². The first-order valence-electron chi connectivity index (χ1n) is 5.19. The average Bonchev–Trinajstić information content (AvgIpc) is 2.94. The van der Waals surface area contributed by atoms with Crippen molar-refractivity contribution in [2.24, 2.45) is 0 Å². The minimum atomic E-state index is -0.648. The minimum Gasteiger partial charge on any atom is -0.388 e. The largest absolute Gasteiger partial charge is 0.388 e. The number of nitrogens with zero attached hydrogens (tertiary/aromatic N) is 2. The molecule has 0 spiro atoms. The van der Waals surface area contributed by atoms with Gasteiger partial charge in [0, 0.05) is 24.0 Å². The summed E-state index contributed by atoms with van der Waals surface area (Å²) < 4.78 is 0. The summed E-state index contributed by atoms with van der Waals surface area (Å²) in [6, 6.07) is 1.91. The molecule has 1 fully saturated rings. The van der Waals surface area contributed by atoms with E-state index in [1.807, 2.05) is 11.9 Å². The quantitative estimate of drug-likeness (QED) is 0.650. The molecule has 5 nitrogen and oxygen atoms in total. The highest BCUT2D eigenvalue weighted by Gasteiger charge is 2.32. The molecule has 2 rings (SSSR count). The fraction of sp³-hybridized carbons (Fsp3) is 0.600. The highest BCUT2D eigenvalue weighted by atomic mass is 32.1. The van der Waals surface area contributed by atoms with Gasteiger partial charge in [-0.2, -0.15) is 0 Å². The lowest BCUT2D eigenvalue weighted by Crippen LogP contribution is -2.18. The molecule has 1 heterocycles. The molecule has 1 aliphatic carbocycles. The van der Waals surface area contributed by atoms with Gasteiger partial charge in [-0.1, -0.05) is 0 Å². The van der Waals surface area contributed by atoms with Crippen LogP contribution in [0, 0.1) is 10.1 Å². The van der Waals surface area contributed by atoms with Gasteiger partial charge in [0.05, 0.1) is 11.0 Å². The number of aliphatic hydroxyl groups is 1. The van der Waals surface area contributed by atoms with Gasteiger partial charge in [-0.15, -0.1) is 11.3 Å². The van der Waals surface area contributed by atoms with Crippen molar-refractivity contribution in [2.45, 2.75) is 31.9 Å². The smallest absolute Gasteiger partial charge is 0.304 e. The Kier molecular flexibility index (Phi) is 2.86. The number of hydrogen-bond acceptors (Lipinski definition) is 5. The third-order valence-electron chi connectivity index (χ3n) is 2.74. The molecule has 1 atom stereocenters. The molecule has 88 valence electrons. The van der Waals surface area contributed by atoms with Gasteiger partial charge < -0.3 is 10.0 Å². The number of hydrogen-bond donors (Lipinski definition) is 1. The van der Waals surface area contributed by atoms with Crippen LogP contribution in [0.4, 0.5) is 10.7 Å². The van der Waals surface area contributed by atoms with Crippen LogP contribution in [-0.2, 0) is 0 Å². The SMILES string of the molecule is CC(O)c1cc([N+](=O)[O-])c(N(C)C2CC2)s1. The van der Waals surface area contributed by atoms with Crippen LogP contribution in [0.5, 0.6) is 0 Å². The number of rotatable bonds is 4. The van der Waals surface area contributed by atoms with Crippen molar-refractivity contribution in [3.63, 3.8) is 0 Å². The first-order valence-corrected chi connectivity index (χ1v) is 6.01. The molecule has 0 saturated heterocycles. The van der Waals surface area contributed by atoms with Gasteiger partial charge in [0.1, 0.15) is 0 Å². The van der Waals surface area contributed by atoms with Crippen LogP contribution in [0.15, 0.2) is 6.07 Å². The summed E-state index contributed by atoms with van der Waals surface area (Å²) in [5, 5.41) is 21.0. The second-order valence-electron chi connectivity index (χ2n) is 4.11. The monoisotopic (exact) mass is 242 g/mol. The van der Waals surface area contributed by atoms with Gasteiger partial charge in [-0.3, -0.25) is 10.1 Å². The molecule has 6 heteroatoms. The predicted molar refractivity (Wildman–Crippen MR) is 63.0 cm³/mol. The summed E-state index contributed by atoms with van der Waals surface area (Å²) in [5.41, 5.74) is 0.107. The van der Waals surface area contributed by atoms with E-state index in [4.69, 9.17) is 0 Å². The van der Waals surface area contributed by atoms with E-state index in [-0.39, 0.29) is 10.6 Å². The zero-order chi connectivity index (χ0) is 11.9. The molecular weight excluding hydrogens is 228 g/mol. The molecule has 16 heavy (non-hydrogen) atoms. The topological polar surface area (TPSA) is 66.6 Å². The van der Waals surface area contributed by atoms with Crippen LogP contribution in [0.2, 0.25) is 0 Å². The van der Waals surface area contributed by atoms with E-state index in [0.717, 1.165) is 12.8 Å². The Balaban J connectivity index is 2.36. The van der Waals surface area contributed by atoms with E-state index in [1.54, 1.807) is 6.92 Å². The van der Waals surface area contributed by atoms with Crippen molar-refractivity contribution in [1.29, 1.82) is 0 Å². The minimum absolute atomic E-state index is 0.107. The Morgan fingerprint density at radius 3 is 2.75 bits per heavy atom. The number of nitro groups is 1. The normalized spacial score (nSPS) is 17.2. The first kappa shape index (κ1) is 11.3. The first-order chi connectivity index (χ1) is 7.50. The summed E-state index contributed by atoms with van der Waals surface area (Å²) in [7, 11) is 1.88. The molecule has 0 bridgehead atoms. The van der Waals surface area contributed by atoms with Crippen molar-refractivity contribution in [3.8, 4) is 0 Å². The lowest BCUT2D eigenvalue weighted by molar-refractivity contribution is -0.383. The summed E-state index contributed by atoms with van der Waals surface area (Å²) in [6.07, 6.45) is 1.54. The van der Waals surface area contributed by atoms with Crippen LogP contribution in [0.1, 0.15) is 30.7 Å². The lowest BCUT2D eigenvalue weighted by Gasteiger charge is -2.14. The second kappa shape index (κ2) is 4.03. The van der Waals surface area contributed by atoms with E-state index < -0.39 is 6.10 Å². The van der Waals surface area contributed by atoms with E-state index in [0.29, 0.717) is 15.9 Å². The van der Waals surface area contributed by atoms with Gasteiger partial charge in [0.25, 0.3) is 0 Å². The Labute approximate surface area is 97.5 Å². The zero-order valence-corrected chi connectivity index (χ0v) is 10.0. The Bertz CT molecular complexity index is 412. The fourth-order valence-corrected chi connectivity index (χ4v) is 2.70. The standard InChI is InChI=1S/C10H14N2O3S/c1-6(13)9-5-8(12(14)15)10(16-9)11(2)7-3-4-7/h5-7,13H,3-4H2,1-2H3. The molecular formula is C10H14N2O3S. The Hall–Kier alpha value is -1.14. The predicted octanol–water partition coefficient (Wildman–Crippen LogP) is 2.31. The maximum absolute atomic E-state index is 10.9. The Morgan fingerprint density at radius 2 is 2.31 bits per heavy atom. The van der Waals surface area contributed by atoms with Crippen molar-refractivity contribution in [2.75, 3.05) is 11.9 Å². The number of anilines is 1. The van der Waals surface area contributed by atoms with Gasteiger partial charge in [-0.05, 0) is 19.8 Å². The molecule has 1 aromatic rings. The van der Waals surface area contributed by atoms with Crippen molar-refractivity contribution in [3.05, 3.63) is 21.1 Å². The molecule has 0 amide bonds. The van der Waals surface area contributed by atoms with Crippen LogP contribution in [0.3, 0.4) is 0 Å². The number of thiophene rings is 1. The molecule has 1 saturated carbocycles. The summed E-state index contributed by atoms with van der Waals surface area (Å²) in [4.78, 5) is 13.1. The van der Waals surface area contributed by atoms with Gasteiger partial charge in [0.15, 0.2) is 5.00 Å². The summed E-state index contributed by atoms with van der Waals surface area (Å²) in [6.45, 7) is 1.62. The maximum Gasteiger partial charge on any atom is 0.304 e. The fourth-order valence-electron chi connectivity index (χ4n) is 1.61.